The highest BCUT2D eigenvalue weighted by molar-refractivity contribution is 5.89. The third-order valence-electron chi connectivity index (χ3n) is 7.46. The van der Waals surface area contributed by atoms with Gasteiger partial charge in [-0.05, 0) is 101 Å². The maximum absolute atomic E-state index is 12.1. The maximum atomic E-state index is 12.1. The van der Waals surface area contributed by atoms with Crippen molar-refractivity contribution in [3.63, 3.8) is 0 Å². The van der Waals surface area contributed by atoms with E-state index in [1.807, 2.05) is 42.5 Å². The van der Waals surface area contributed by atoms with Crippen LogP contribution in [0, 0.1) is 29.2 Å². The molecular weight excluding hydrogens is 638 g/mol. The first kappa shape index (κ1) is 38.3. The van der Waals surface area contributed by atoms with Gasteiger partial charge in [-0.3, -0.25) is 0 Å². The van der Waals surface area contributed by atoms with Crippen molar-refractivity contribution < 1.29 is 27.5 Å². The Balaban J connectivity index is 0.00000126. The zero-order valence-electron chi connectivity index (χ0n) is 28.5. The second-order valence-corrected chi connectivity index (χ2v) is 11.3. The molecule has 0 unspecified atom stereocenters. The fourth-order valence-electron chi connectivity index (χ4n) is 4.84. The number of rotatable bonds is 12. The van der Waals surface area contributed by atoms with Crippen molar-refractivity contribution in [2.75, 3.05) is 24.6 Å². The molecule has 3 aromatic rings. The highest BCUT2D eigenvalue weighted by Crippen LogP contribution is 2.41. The fraction of sp³-hybridized carbons (Fsp3) is 0.250. The van der Waals surface area contributed by atoms with Gasteiger partial charge in [0, 0.05) is 24.4 Å². The summed E-state index contributed by atoms with van der Waals surface area (Å²) >= 11 is 0. The first-order valence-electron chi connectivity index (χ1n) is 15.9. The van der Waals surface area contributed by atoms with Crippen LogP contribution in [0.1, 0.15) is 68.0 Å². The van der Waals surface area contributed by atoms with Crippen molar-refractivity contribution in [3.8, 4) is 12.1 Å². The van der Waals surface area contributed by atoms with Gasteiger partial charge in [-0.2, -0.15) is 19.3 Å². The molecule has 4 rings (SSSR count). The molecule has 0 aliphatic carbocycles. The number of allylic oxidation sites excluding steroid dienone is 2. The fourth-order valence-corrected chi connectivity index (χ4v) is 4.84. The Morgan fingerprint density at radius 2 is 1.58 bits per heavy atom. The van der Waals surface area contributed by atoms with Crippen LogP contribution < -0.4 is 4.90 Å². The molecule has 0 saturated carbocycles. The molecule has 0 atom stereocenters. The van der Waals surface area contributed by atoms with Crippen LogP contribution in [-0.4, -0.2) is 31.3 Å². The Bertz CT molecular complexity index is 1880. The summed E-state index contributed by atoms with van der Waals surface area (Å²) < 4.78 is 38.4. The SMILES string of the molecule is CC=C(F)F.[C-]#[N+]C1=C(/C=C/c2ccc(/C=C/c3ccc(N(CC)CCCCOC(=O)c4ccccc4)cc3)o2)C(C)(C)OC1=C(C#N)C#N. The molecule has 0 saturated heterocycles. The lowest BCUT2D eigenvalue weighted by atomic mass is 9.97. The van der Waals surface area contributed by atoms with Crippen LogP contribution in [0.2, 0.25) is 0 Å². The summed E-state index contributed by atoms with van der Waals surface area (Å²) in [4.78, 5) is 17.9. The van der Waals surface area contributed by atoms with Gasteiger partial charge in [0.25, 0.3) is 6.08 Å². The van der Waals surface area contributed by atoms with Crippen LogP contribution in [0.25, 0.3) is 23.1 Å². The van der Waals surface area contributed by atoms with Crippen LogP contribution in [0.3, 0.4) is 0 Å². The topological polar surface area (TPSA) is 104 Å². The van der Waals surface area contributed by atoms with Crippen molar-refractivity contribution in [1.82, 2.24) is 0 Å². The summed E-state index contributed by atoms with van der Waals surface area (Å²) in [6.07, 6.45) is 8.17. The number of hydrogen-bond acceptors (Lipinski definition) is 7. The summed E-state index contributed by atoms with van der Waals surface area (Å²) in [6.45, 7) is 16.7. The lowest BCUT2D eigenvalue weighted by Crippen LogP contribution is -2.24. The van der Waals surface area contributed by atoms with E-state index in [2.05, 4.69) is 40.9 Å². The maximum Gasteiger partial charge on any atom is 0.338 e. The number of esters is 1. The van der Waals surface area contributed by atoms with Crippen LogP contribution in [0.5, 0.6) is 0 Å². The number of benzene rings is 2. The molecule has 256 valence electrons. The Hall–Kier alpha value is -6.18. The number of nitrogens with zero attached hydrogens (tertiary/aromatic N) is 4. The quantitative estimate of drug-likeness (QED) is 0.0814. The van der Waals surface area contributed by atoms with Crippen LogP contribution in [-0.2, 0) is 9.47 Å². The number of furan rings is 1. The predicted molar refractivity (Wildman–Crippen MR) is 190 cm³/mol. The van der Waals surface area contributed by atoms with Gasteiger partial charge >= 0.3 is 5.97 Å². The molecule has 0 radical (unpaired) electrons. The van der Waals surface area contributed by atoms with Gasteiger partial charge in [0.15, 0.2) is 11.3 Å². The average Bonchev–Trinajstić information content (AvgIpc) is 3.69. The van der Waals surface area contributed by atoms with E-state index >= 15 is 0 Å². The van der Waals surface area contributed by atoms with E-state index in [9.17, 15) is 24.1 Å². The number of nitriles is 2. The van der Waals surface area contributed by atoms with Crippen molar-refractivity contribution in [2.24, 2.45) is 0 Å². The van der Waals surface area contributed by atoms with Gasteiger partial charge in [0.1, 0.15) is 29.3 Å². The number of ether oxygens (including phenoxy) is 2. The van der Waals surface area contributed by atoms with Crippen LogP contribution in [0.4, 0.5) is 14.5 Å². The molecule has 0 N–H and O–H groups in total. The Kier molecular flexibility index (Phi) is 14.5. The number of halogens is 2. The molecule has 2 heterocycles. The zero-order valence-corrected chi connectivity index (χ0v) is 28.5. The predicted octanol–water partition coefficient (Wildman–Crippen LogP) is 10.00. The largest absolute Gasteiger partial charge is 0.493 e. The zero-order chi connectivity index (χ0) is 36.5. The second-order valence-electron chi connectivity index (χ2n) is 11.3. The van der Waals surface area contributed by atoms with Crippen molar-refractivity contribution in [2.45, 2.75) is 46.1 Å². The Morgan fingerprint density at radius 1 is 0.960 bits per heavy atom. The molecule has 0 spiro atoms. The summed E-state index contributed by atoms with van der Waals surface area (Å²) in [6, 6.07) is 24.6. The Morgan fingerprint density at radius 3 is 2.14 bits per heavy atom. The molecule has 1 aliphatic heterocycles. The number of carbonyl (C=O) groups is 1. The van der Waals surface area contributed by atoms with E-state index in [1.54, 1.807) is 50.3 Å². The summed E-state index contributed by atoms with van der Waals surface area (Å²) in [5.41, 5.74) is 2.34. The monoisotopic (exact) mass is 676 g/mol. The van der Waals surface area contributed by atoms with Crippen molar-refractivity contribution >= 4 is 29.9 Å². The second kappa shape index (κ2) is 19.0. The smallest absolute Gasteiger partial charge is 0.338 e. The standard InChI is InChI=1S/C37H34N4O4.C3H4F2/c1-5-41(23-9-10-24-43-36(42)28-11-7-6-8-12-28)30-16-13-27(14-17-30)15-18-31-19-20-32(44-31)21-22-33-34(40-4)35(29(25-38)26-39)45-37(33,2)3;1-2-3(4)5/h6-8,11-22H,5,9-10,23-24H2,1-3H3;2H,1H3/b18-15+,22-21+;. The molecule has 1 aliphatic rings. The lowest BCUT2D eigenvalue weighted by Gasteiger charge is -2.23. The van der Waals surface area contributed by atoms with Crippen LogP contribution >= 0.6 is 0 Å². The molecule has 50 heavy (non-hydrogen) atoms. The number of unbranched alkanes of at least 4 members (excludes halogenated alkanes) is 1. The third kappa shape index (κ3) is 10.9. The van der Waals surface area contributed by atoms with Crippen LogP contribution in [0.15, 0.2) is 112 Å². The van der Waals surface area contributed by atoms with Gasteiger partial charge < -0.3 is 18.8 Å². The number of hydrogen-bond donors (Lipinski definition) is 0. The number of carbonyl (C=O) groups excluding carboxylic acids is 1. The van der Waals surface area contributed by atoms with Gasteiger partial charge in [-0.15, -0.1) is 0 Å². The Labute approximate surface area is 292 Å². The first-order chi connectivity index (χ1) is 24.1. The minimum Gasteiger partial charge on any atom is -0.493 e. The van der Waals surface area contributed by atoms with E-state index in [-0.39, 0.29) is 23.0 Å². The van der Waals surface area contributed by atoms with E-state index in [4.69, 9.17) is 20.5 Å². The molecule has 1 aromatic heterocycles. The van der Waals surface area contributed by atoms with Gasteiger partial charge in [-0.25, -0.2) is 9.64 Å². The van der Waals surface area contributed by atoms with Crippen molar-refractivity contribution in [3.05, 3.63) is 142 Å². The van der Waals surface area contributed by atoms with Gasteiger partial charge in [-0.1, -0.05) is 42.5 Å². The molecule has 2 aromatic carbocycles. The molecule has 0 fully saturated rings. The summed E-state index contributed by atoms with van der Waals surface area (Å²) in [5.74, 6) is 0.978. The van der Waals surface area contributed by atoms with E-state index in [0.717, 1.165) is 43.3 Å². The lowest BCUT2D eigenvalue weighted by molar-refractivity contribution is 0.0499. The third-order valence-corrected chi connectivity index (χ3v) is 7.46. The van der Waals surface area contributed by atoms with Crippen molar-refractivity contribution in [1.29, 1.82) is 10.5 Å². The number of anilines is 1. The molecular formula is C40H38F2N4O4. The highest BCUT2D eigenvalue weighted by atomic mass is 19.3. The molecule has 0 amide bonds. The molecule has 8 nitrogen and oxygen atoms in total. The van der Waals surface area contributed by atoms with E-state index < -0.39 is 11.7 Å². The summed E-state index contributed by atoms with van der Waals surface area (Å²) in [7, 11) is 0. The van der Waals surface area contributed by atoms with Gasteiger partial charge in [0.05, 0.1) is 18.7 Å². The molecule has 0 bridgehead atoms. The van der Waals surface area contributed by atoms with E-state index in [1.165, 1.54) is 6.92 Å². The highest BCUT2D eigenvalue weighted by Gasteiger charge is 2.38. The average molecular weight is 677 g/mol. The normalized spacial score (nSPS) is 13.1. The van der Waals surface area contributed by atoms with Gasteiger partial charge in [0.2, 0.25) is 5.70 Å². The molecule has 10 heteroatoms. The summed E-state index contributed by atoms with van der Waals surface area (Å²) in [5, 5.41) is 18.5. The first-order valence-corrected chi connectivity index (χ1v) is 15.9. The minimum absolute atomic E-state index is 0.0117. The van der Waals surface area contributed by atoms with E-state index in [0.29, 0.717) is 29.3 Å². The minimum atomic E-state index is -1.62.